The van der Waals surface area contributed by atoms with Crippen LogP contribution in [-0.2, 0) is 14.3 Å². The highest BCUT2D eigenvalue weighted by Crippen LogP contribution is 2.36. The van der Waals surface area contributed by atoms with Crippen molar-refractivity contribution < 1.29 is 42.8 Å². The Hall–Kier alpha value is -2.58. The smallest absolute Gasteiger partial charge is 0.194 e. The maximum Gasteiger partial charge on any atom is 0.194 e. The molecule has 1 aromatic heterocycles. The number of benzene rings is 1. The van der Waals surface area contributed by atoms with Gasteiger partial charge in [-0.15, -0.1) is 5.10 Å². The fraction of sp³-hybridized carbons (Fsp3) is 0.609. The topological polar surface area (TPSA) is 131 Å². The van der Waals surface area contributed by atoms with Crippen molar-refractivity contribution in [1.82, 2.24) is 15.0 Å². The standard InChI is InChI=1S/C23H29F3N4O6/c1-23(2,10-32)18-7-12(36-28-18)6-16-22(34-3)20(21(33)17(9-31)35-16)30-8-15(27-29-30)11-4-13(24)19(26)14(25)5-11/h4-5,8,12,16-17,20-22,31-33H,6-7,9-10H2,1-3H3/t12?,16-,17-,20+,21+,22+/m1/s1. The molecule has 6 atom stereocenters. The van der Waals surface area contributed by atoms with Crippen molar-refractivity contribution in [2.45, 2.75) is 63.3 Å². The number of aliphatic hydroxyl groups excluding tert-OH is 3. The van der Waals surface area contributed by atoms with Crippen LogP contribution >= 0.6 is 0 Å². The lowest BCUT2D eigenvalue weighted by Gasteiger charge is -2.44. The number of nitrogens with zero attached hydrogens (tertiary/aromatic N) is 4. The van der Waals surface area contributed by atoms with Gasteiger partial charge in [-0.2, -0.15) is 0 Å². The number of oxime groups is 1. The number of hydrogen-bond donors (Lipinski definition) is 3. The van der Waals surface area contributed by atoms with Gasteiger partial charge >= 0.3 is 0 Å². The molecular formula is C23H29F3N4O6. The Morgan fingerprint density at radius 3 is 2.47 bits per heavy atom. The Morgan fingerprint density at radius 2 is 1.86 bits per heavy atom. The fourth-order valence-electron chi connectivity index (χ4n) is 4.52. The maximum absolute atomic E-state index is 13.7. The Morgan fingerprint density at radius 1 is 1.17 bits per heavy atom. The molecule has 2 aliphatic heterocycles. The Labute approximate surface area is 205 Å². The van der Waals surface area contributed by atoms with Gasteiger partial charge in [0.15, 0.2) is 17.5 Å². The number of halogens is 3. The summed E-state index contributed by atoms with van der Waals surface area (Å²) in [7, 11) is 1.43. The molecule has 1 aromatic carbocycles. The number of methoxy groups -OCH3 is 1. The molecule has 10 nitrogen and oxygen atoms in total. The van der Waals surface area contributed by atoms with E-state index in [9.17, 15) is 28.5 Å². The second kappa shape index (κ2) is 10.4. The Balaban J connectivity index is 1.58. The van der Waals surface area contributed by atoms with Crippen LogP contribution in [0.15, 0.2) is 23.5 Å². The van der Waals surface area contributed by atoms with Crippen LogP contribution in [0.5, 0.6) is 0 Å². The van der Waals surface area contributed by atoms with Crippen molar-refractivity contribution in [3.05, 3.63) is 35.8 Å². The number of aromatic nitrogens is 3. The highest BCUT2D eigenvalue weighted by Gasteiger charge is 2.48. The zero-order chi connectivity index (χ0) is 26.2. The van der Waals surface area contributed by atoms with Gasteiger partial charge in [-0.25, -0.2) is 17.9 Å². The highest BCUT2D eigenvalue weighted by molar-refractivity contribution is 5.90. The van der Waals surface area contributed by atoms with Gasteiger partial charge in [0.2, 0.25) is 0 Å². The fourth-order valence-corrected chi connectivity index (χ4v) is 4.52. The van der Waals surface area contributed by atoms with Crippen LogP contribution in [-0.4, -0.2) is 86.9 Å². The van der Waals surface area contributed by atoms with Crippen molar-refractivity contribution in [2.24, 2.45) is 10.6 Å². The molecule has 2 aliphatic rings. The summed E-state index contributed by atoms with van der Waals surface area (Å²) in [5.74, 6) is -4.34. The van der Waals surface area contributed by atoms with Crippen LogP contribution < -0.4 is 0 Å². The summed E-state index contributed by atoms with van der Waals surface area (Å²) in [6.07, 6.45) is -1.99. The summed E-state index contributed by atoms with van der Waals surface area (Å²) in [5.41, 5.74) is 0.154. The molecule has 1 unspecified atom stereocenters. The lowest BCUT2D eigenvalue weighted by atomic mass is 9.84. The monoisotopic (exact) mass is 514 g/mol. The molecule has 4 rings (SSSR count). The van der Waals surface area contributed by atoms with Crippen molar-refractivity contribution >= 4 is 5.71 Å². The number of aliphatic hydroxyl groups is 3. The first-order chi connectivity index (χ1) is 17.1. The van der Waals surface area contributed by atoms with E-state index in [0.717, 1.165) is 12.1 Å². The van der Waals surface area contributed by atoms with E-state index in [0.29, 0.717) is 18.6 Å². The second-order valence-electron chi connectivity index (χ2n) is 9.66. The minimum absolute atomic E-state index is 0.0426. The summed E-state index contributed by atoms with van der Waals surface area (Å²) >= 11 is 0. The third-order valence-corrected chi connectivity index (χ3v) is 6.74. The van der Waals surface area contributed by atoms with Gasteiger partial charge in [0.1, 0.15) is 36.2 Å². The van der Waals surface area contributed by atoms with Crippen LogP contribution in [0.25, 0.3) is 11.3 Å². The first-order valence-electron chi connectivity index (χ1n) is 11.5. The van der Waals surface area contributed by atoms with Crippen molar-refractivity contribution in [3.8, 4) is 11.3 Å². The summed E-state index contributed by atoms with van der Waals surface area (Å²) in [4.78, 5) is 5.56. The van der Waals surface area contributed by atoms with Gasteiger partial charge in [0.25, 0.3) is 0 Å². The number of hydrogen-bond acceptors (Lipinski definition) is 9. The molecule has 13 heteroatoms. The first-order valence-corrected chi connectivity index (χ1v) is 11.5. The van der Waals surface area contributed by atoms with Crippen LogP contribution in [0.1, 0.15) is 32.7 Å². The van der Waals surface area contributed by atoms with E-state index in [1.165, 1.54) is 18.0 Å². The van der Waals surface area contributed by atoms with Gasteiger partial charge in [-0.1, -0.05) is 24.2 Å². The SMILES string of the molecule is CO[C@@H]1[C@@H](n2cc(-c3cc(F)c(F)c(F)c3)nn2)[C@@H](O)[C@@H](CO)O[C@@H]1CC1CC(C(C)(C)CO)=NO1. The van der Waals surface area contributed by atoms with Crippen molar-refractivity contribution in [1.29, 1.82) is 0 Å². The van der Waals surface area contributed by atoms with Crippen LogP contribution in [0.3, 0.4) is 0 Å². The van der Waals surface area contributed by atoms with E-state index in [1.54, 1.807) is 0 Å². The molecule has 3 heterocycles. The minimum Gasteiger partial charge on any atom is -0.395 e. The van der Waals surface area contributed by atoms with E-state index >= 15 is 0 Å². The molecule has 0 saturated carbocycles. The van der Waals surface area contributed by atoms with E-state index in [4.69, 9.17) is 14.3 Å². The van der Waals surface area contributed by atoms with Gasteiger partial charge < -0.3 is 29.6 Å². The molecule has 2 aromatic rings. The third kappa shape index (κ3) is 4.98. The molecule has 0 radical (unpaired) electrons. The average Bonchev–Trinajstić information content (AvgIpc) is 3.53. The summed E-state index contributed by atoms with van der Waals surface area (Å²) in [6, 6.07) is 0.699. The quantitative estimate of drug-likeness (QED) is 0.453. The Kier molecular flexibility index (Phi) is 7.67. The zero-order valence-electron chi connectivity index (χ0n) is 20.0. The second-order valence-corrected chi connectivity index (χ2v) is 9.66. The molecule has 36 heavy (non-hydrogen) atoms. The van der Waals surface area contributed by atoms with Crippen molar-refractivity contribution in [2.75, 3.05) is 20.3 Å². The lowest BCUT2D eigenvalue weighted by Crippen LogP contribution is -2.57. The summed E-state index contributed by atoms with van der Waals surface area (Å²) in [6.45, 7) is 3.11. The first kappa shape index (κ1) is 26.5. The van der Waals surface area contributed by atoms with E-state index in [2.05, 4.69) is 15.5 Å². The Bertz CT molecular complexity index is 1090. The molecule has 198 valence electrons. The summed E-state index contributed by atoms with van der Waals surface area (Å²) < 4.78 is 53.7. The van der Waals surface area contributed by atoms with Crippen LogP contribution in [0.2, 0.25) is 0 Å². The minimum atomic E-state index is -1.59. The number of rotatable bonds is 8. The van der Waals surface area contributed by atoms with Gasteiger partial charge in [0, 0.05) is 30.9 Å². The average molecular weight is 515 g/mol. The molecular weight excluding hydrogens is 485 g/mol. The molecule has 1 saturated heterocycles. The van der Waals surface area contributed by atoms with Gasteiger partial charge in [0.05, 0.1) is 31.2 Å². The van der Waals surface area contributed by atoms with E-state index in [1.807, 2.05) is 13.8 Å². The van der Waals surface area contributed by atoms with E-state index < -0.39 is 59.9 Å². The molecule has 0 aliphatic carbocycles. The van der Waals surface area contributed by atoms with Crippen LogP contribution in [0, 0.1) is 22.9 Å². The van der Waals surface area contributed by atoms with Crippen LogP contribution in [0.4, 0.5) is 13.2 Å². The highest BCUT2D eigenvalue weighted by atomic mass is 19.2. The predicted octanol–water partition coefficient (Wildman–Crippen LogP) is 1.59. The van der Waals surface area contributed by atoms with Crippen molar-refractivity contribution in [3.63, 3.8) is 0 Å². The van der Waals surface area contributed by atoms with Gasteiger partial charge in [-0.05, 0) is 12.1 Å². The largest absolute Gasteiger partial charge is 0.395 e. The molecule has 0 amide bonds. The molecule has 1 fully saturated rings. The molecule has 0 spiro atoms. The zero-order valence-corrected chi connectivity index (χ0v) is 20.0. The molecule has 0 bridgehead atoms. The van der Waals surface area contributed by atoms with E-state index in [-0.39, 0.29) is 24.0 Å². The normalized spacial score (nSPS) is 28.8. The third-order valence-electron chi connectivity index (χ3n) is 6.74. The molecule has 3 N–H and O–H groups in total. The van der Waals surface area contributed by atoms with Gasteiger partial charge in [-0.3, -0.25) is 0 Å². The lowest BCUT2D eigenvalue weighted by molar-refractivity contribution is -0.219. The number of ether oxygens (including phenoxy) is 2. The predicted molar refractivity (Wildman–Crippen MR) is 119 cm³/mol. The summed E-state index contributed by atoms with van der Waals surface area (Å²) in [5, 5.41) is 42.4. The maximum atomic E-state index is 13.7.